The number of benzene rings is 1. The highest BCUT2D eigenvalue weighted by atomic mass is 35.5. The summed E-state index contributed by atoms with van der Waals surface area (Å²) >= 11 is 6.28. The van der Waals surface area contributed by atoms with Crippen molar-refractivity contribution in [3.05, 3.63) is 34.3 Å². The minimum absolute atomic E-state index is 0.157. The topological polar surface area (TPSA) is 29.5 Å². The smallest absolute Gasteiger partial charge is 0.157 e. The molecule has 1 N–H and O–H groups in total. The highest BCUT2D eigenvalue weighted by Gasteiger charge is 2.27. The van der Waals surface area contributed by atoms with Crippen molar-refractivity contribution in [2.45, 2.75) is 39.4 Å². The van der Waals surface area contributed by atoms with Crippen molar-refractivity contribution >= 4 is 11.6 Å². The van der Waals surface area contributed by atoms with Gasteiger partial charge < -0.3 is 9.84 Å². The molecule has 1 aliphatic heterocycles. The second-order valence-electron chi connectivity index (χ2n) is 5.32. The van der Waals surface area contributed by atoms with Crippen LogP contribution in [0.4, 0.5) is 0 Å². The van der Waals surface area contributed by atoms with Crippen molar-refractivity contribution in [3.63, 3.8) is 0 Å². The largest absolute Gasteiger partial charge is 0.368 e. The van der Waals surface area contributed by atoms with E-state index in [0.29, 0.717) is 12.5 Å². The van der Waals surface area contributed by atoms with Gasteiger partial charge in [-0.25, -0.2) is 0 Å². The van der Waals surface area contributed by atoms with E-state index in [0.717, 1.165) is 24.3 Å². The predicted octanol–water partition coefficient (Wildman–Crippen LogP) is 3.57. The van der Waals surface area contributed by atoms with Crippen LogP contribution in [0.3, 0.4) is 0 Å². The maximum Gasteiger partial charge on any atom is 0.157 e. The van der Waals surface area contributed by atoms with Gasteiger partial charge in [-0.1, -0.05) is 30.7 Å². The maximum atomic E-state index is 9.86. The van der Waals surface area contributed by atoms with E-state index in [4.69, 9.17) is 16.3 Å². The van der Waals surface area contributed by atoms with Crippen LogP contribution in [-0.4, -0.2) is 18.0 Å². The number of aliphatic hydroxyl groups excluding tert-OH is 1. The lowest BCUT2D eigenvalue weighted by Crippen LogP contribution is -2.26. The molecule has 1 saturated heterocycles. The molecule has 1 heterocycles. The molecule has 1 fully saturated rings. The minimum atomic E-state index is -0.637. The van der Waals surface area contributed by atoms with Crippen LogP contribution in [0.25, 0.3) is 0 Å². The van der Waals surface area contributed by atoms with E-state index in [1.807, 2.05) is 13.0 Å². The van der Waals surface area contributed by atoms with E-state index >= 15 is 0 Å². The summed E-state index contributed by atoms with van der Waals surface area (Å²) in [6.45, 7) is 4.76. The summed E-state index contributed by atoms with van der Waals surface area (Å²) in [5.41, 5.74) is 2.36. The Morgan fingerprint density at radius 1 is 1.44 bits per heavy atom. The quantitative estimate of drug-likeness (QED) is 0.889. The molecule has 100 valence electrons. The summed E-state index contributed by atoms with van der Waals surface area (Å²) in [5.74, 6) is 0.590. The van der Waals surface area contributed by atoms with Gasteiger partial charge in [-0.15, -0.1) is 0 Å². The Labute approximate surface area is 114 Å². The van der Waals surface area contributed by atoms with Crippen LogP contribution in [0.1, 0.15) is 30.9 Å². The zero-order chi connectivity index (χ0) is 13.1. The third-order valence-electron chi connectivity index (χ3n) is 3.89. The Morgan fingerprint density at radius 2 is 2.22 bits per heavy atom. The zero-order valence-electron chi connectivity index (χ0n) is 11.0. The van der Waals surface area contributed by atoms with Crippen molar-refractivity contribution in [1.82, 2.24) is 0 Å². The summed E-state index contributed by atoms with van der Waals surface area (Å²) < 4.78 is 5.35. The lowest BCUT2D eigenvalue weighted by Gasteiger charge is -2.24. The van der Waals surface area contributed by atoms with Gasteiger partial charge >= 0.3 is 0 Å². The third kappa shape index (κ3) is 3.25. The summed E-state index contributed by atoms with van der Waals surface area (Å²) in [4.78, 5) is 0. The number of aliphatic hydroxyl groups is 1. The van der Waals surface area contributed by atoms with Crippen LogP contribution in [0.15, 0.2) is 18.2 Å². The number of halogens is 1. The fraction of sp³-hybridized carbons (Fsp3) is 0.600. The fourth-order valence-corrected chi connectivity index (χ4v) is 2.90. The number of hydrogen-bond donors (Lipinski definition) is 1. The van der Waals surface area contributed by atoms with E-state index in [1.165, 1.54) is 11.1 Å². The van der Waals surface area contributed by atoms with Gasteiger partial charge in [0.2, 0.25) is 0 Å². The highest BCUT2D eigenvalue weighted by molar-refractivity contribution is 6.31. The molecule has 3 atom stereocenters. The monoisotopic (exact) mass is 268 g/mol. The number of ether oxygens (including phenoxy) is 1. The number of rotatable bonds is 2. The molecule has 0 amide bonds. The summed E-state index contributed by atoms with van der Waals surface area (Å²) in [5, 5.41) is 10.7. The molecular weight excluding hydrogens is 248 g/mol. The van der Waals surface area contributed by atoms with E-state index in [2.05, 4.69) is 19.1 Å². The van der Waals surface area contributed by atoms with Crippen molar-refractivity contribution in [3.8, 4) is 0 Å². The molecule has 0 saturated carbocycles. The second-order valence-corrected chi connectivity index (χ2v) is 5.73. The molecule has 0 radical (unpaired) electrons. The Balaban J connectivity index is 2.11. The Kier molecular flexibility index (Phi) is 4.66. The van der Waals surface area contributed by atoms with Gasteiger partial charge in [0.25, 0.3) is 0 Å². The Hall–Kier alpha value is -0.570. The number of aryl methyl sites for hydroxylation is 1. The molecule has 2 rings (SSSR count). The van der Waals surface area contributed by atoms with Gasteiger partial charge in [-0.3, -0.25) is 0 Å². The Bertz CT molecular complexity index is 405. The van der Waals surface area contributed by atoms with Crippen LogP contribution in [0.5, 0.6) is 0 Å². The van der Waals surface area contributed by atoms with E-state index < -0.39 is 6.29 Å². The van der Waals surface area contributed by atoms with E-state index in [1.54, 1.807) is 0 Å². The highest BCUT2D eigenvalue weighted by Crippen LogP contribution is 2.31. The normalized spacial score (nSPS) is 29.0. The standard InChI is InChI=1S/C15H21ClO2/c1-10-5-6-13(14(16)8-10)9-12-4-3-7-18-15(17)11(12)2/h5-6,8,11-12,15,17H,3-4,7,9H2,1-2H3/t11?,12?,15-/m0/s1. The summed E-state index contributed by atoms with van der Waals surface area (Å²) in [6.07, 6.45) is 2.38. The molecule has 0 aliphatic carbocycles. The first-order chi connectivity index (χ1) is 8.58. The van der Waals surface area contributed by atoms with Crippen molar-refractivity contribution in [1.29, 1.82) is 0 Å². The van der Waals surface area contributed by atoms with Crippen LogP contribution >= 0.6 is 11.6 Å². The maximum absolute atomic E-state index is 9.86. The lowest BCUT2D eigenvalue weighted by atomic mass is 9.84. The van der Waals surface area contributed by atoms with Crippen molar-refractivity contribution in [2.75, 3.05) is 6.61 Å². The van der Waals surface area contributed by atoms with Crippen LogP contribution in [0, 0.1) is 18.8 Å². The molecule has 2 unspecified atom stereocenters. The van der Waals surface area contributed by atoms with Crippen molar-refractivity contribution < 1.29 is 9.84 Å². The van der Waals surface area contributed by atoms with Crippen molar-refractivity contribution in [2.24, 2.45) is 11.8 Å². The van der Waals surface area contributed by atoms with Gasteiger partial charge in [0, 0.05) is 17.5 Å². The average molecular weight is 269 g/mol. The van der Waals surface area contributed by atoms with E-state index in [9.17, 15) is 5.11 Å². The van der Waals surface area contributed by atoms with Gasteiger partial charge in [-0.05, 0) is 49.3 Å². The average Bonchev–Trinajstić information content (AvgIpc) is 2.48. The fourth-order valence-electron chi connectivity index (χ4n) is 2.59. The first-order valence-electron chi connectivity index (χ1n) is 6.62. The molecule has 2 nitrogen and oxygen atoms in total. The SMILES string of the molecule is Cc1ccc(CC2CCCO[C@H](O)C2C)c(Cl)c1. The molecule has 0 bridgehead atoms. The van der Waals surface area contributed by atoms with Gasteiger partial charge in [0.15, 0.2) is 6.29 Å². The predicted molar refractivity (Wildman–Crippen MR) is 73.7 cm³/mol. The molecule has 18 heavy (non-hydrogen) atoms. The van der Waals surface area contributed by atoms with Gasteiger partial charge in [0.1, 0.15) is 0 Å². The third-order valence-corrected chi connectivity index (χ3v) is 4.24. The van der Waals surface area contributed by atoms with Gasteiger partial charge in [0.05, 0.1) is 0 Å². The first kappa shape index (κ1) is 13.9. The summed E-state index contributed by atoms with van der Waals surface area (Å²) in [6, 6.07) is 6.20. The molecule has 3 heteroatoms. The molecule has 0 spiro atoms. The van der Waals surface area contributed by atoms with Crippen LogP contribution in [0.2, 0.25) is 5.02 Å². The minimum Gasteiger partial charge on any atom is -0.368 e. The summed E-state index contributed by atoms with van der Waals surface area (Å²) in [7, 11) is 0. The molecular formula is C15H21ClO2. The lowest BCUT2D eigenvalue weighted by molar-refractivity contribution is -0.129. The second kappa shape index (κ2) is 6.05. The number of hydrogen-bond acceptors (Lipinski definition) is 2. The first-order valence-corrected chi connectivity index (χ1v) is 7.00. The van der Waals surface area contributed by atoms with Gasteiger partial charge in [-0.2, -0.15) is 0 Å². The van der Waals surface area contributed by atoms with Crippen LogP contribution < -0.4 is 0 Å². The molecule has 0 aromatic heterocycles. The van der Waals surface area contributed by atoms with E-state index in [-0.39, 0.29) is 5.92 Å². The molecule has 1 aliphatic rings. The zero-order valence-corrected chi connectivity index (χ0v) is 11.8. The molecule has 1 aromatic rings. The van der Waals surface area contributed by atoms with Crippen LogP contribution in [-0.2, 0) is 11.2 Å². The molecule has 1 aromatic carbocycles. The Morgan fingerprint density at radius 3 is 2.94 bits per heavy atom.